The number of aromatic nitrogens is 2. The molecule has 1 saturated heterocycles. The van der Waals surface area contributed by atoms with Crippen LogP contribution >= 0.6 is 0 Å². The Morgan fingerprint density at radius 3 is 2.69 bits per heavy atom. The van der Waals surface area contributed by atoms with Gasteiger partial charge in [0.25, 0.3) is 0 Å². The van der Waals surface area contributed by atoms with Crippen LogP contribution in [-0.4, -0.2) is 54.0 Å². The molecule has 1 fully saturated rings. The number of carbonyl (C=O) groups excluding carboxylic acids is 1. The number of nitrogens with one attached hydrogen (secondary N) is 1. The van der Waals surface area contributed by atoms with E-state index in [1.165, 1.54) is 12.1 Å². The number of aryl methyl sites for hydroxylation is 1. The van der Waals surface area contributed by atoms with Crippen LogP contribution in [0.3, 0.4) is 0 Å². The molecule has 7 heteroatoms. The van der Waals surface area contributed by atoms with E-state index in [2.05, 4.69) is 15.3 Å². The Kier molecular flexibility index (Phi) is 5.35. The first-order chi connectivity index (χ1) is 12.4. The van der Waals surface area contributed by atoms with E-state index in [1.807, 2.05) is 36.9 Å². The zero-order chi connectivity index (χ0) is 18.7. The Bertz CT molecular complexity index is 778. The van der Waals surface area contributed by atoms with Crippen molar-refractivity contribution in [2.45, 2.75) is 25.8 Å². The van der Waals surface area contributed by atoms with Crippen molar-refractivity contribution in [2.75, 3.05) is 37.4 Å². The van der Waals surface area contributed by atoms with Crippen LogP contribution in [0.4, 0.5) is 16.2 Å². The van der Waals surface area contributed by atoms with Gasteiger partial charge < -0.3 is 15.1 Å². The minimum Gasteiger partial charge on any atom is -0.365 e. The highest BCUT2D eigenvalue weighted by Crippen LogP contribution is 2.18. The Morgan fingerprint density at radius 2 is 2.00 bits per heavy atom. The maximum Gasteiger partial charge on any atom is 0.226 e. The third kappa shape index (κ3) is 4.47. The first-order valence-electron chi connectivity index (χ1n) is 8.72. The van der Waals surface area contributed by atoms with E-state index in [4.69, 9.17) is 0 Å². The van der Waals surface area contributed by atoms with Crippen LogP contribution in [0, 0.1) is 12.7 Å². The Morgan fingerprint density at radius 1 is 1.27 bits per heavy atom. The van der Waals surface area contributed by atoms with Crippen molar-refractivity contribution in [3.63, 3.8) is 0 Å². The number of benzene rings is 1. The van der Waals surface area contributed by atoms with Crippen LogP contribution < -0.4 is 10.2 Å². The minimum absolute atomic E-state index is 0.0278. The van der Waals surface area contributed by atoms with Crippen molar-refractivity contribution >= 4 is 17.7 Å². The van der Waals surface area contributed by atoms with Crippen molar-refractivity contribution in [2.24, 2.45) is 0 Å². The normalized spacial score (nSPS) is 16.8. The number of anilines is 2. The fourth-order valence-corrected chi connectivity index (χ4v) is 3.04. The molecule has 138 valence electrons. The van der Waals surface area contributed by atoms with Gasteiger partial charge in [-0.25, -0.2) is 9.37 Å². The second-order valence-electron chi connectivity index (χ2n) is 6.85. The summed E-state index contributed by atoms with van der Waals surface area (Å²) in [5, 5.41) is 3.35. The van der Waals surface area contributed by atoms with Crippen molar-refractivity contribution in [3.8, 4) is 0 Å². The van der Waals surface area contributed by atoms with Gasteiger partial charge in [0.2, 0.25) is 11.9 Å². The number of carbonyl (C=O) groups is 1. The van der Waals surface area contributed by atoms with Gasteiger partial charge in [0.15, 0.2) is 0 Å². The van der Waals surface area contributed by atoms with Gasteiger partial charge in [-0.3, -0.25) is 4.79 Å². The van der Waals surface area contributed by atoms with Crippen LogP contribution in [0.5, 0.6) is 0 Å². The number of hydrogen-bond donors (Lipinski definition) is 1. The molecule has 0 unspecified atom stereocenters. The van der Waals surface area contributed by atoms with E-state index in [-0.39, 0.29) is 17.8 Å². The molecule has 1 aliphatic heterocycles. The first-order valence-corrected chi connectivity index (χ1v) is 8.72. The summed E-state index contributed by atoms with van der Waals surface area (Å²) in [6, 6.07) is 8.34. The van der Waals surface area contributed by atoms with Crippen molar-refractivity contribution in [3.05, 3.63) is 47.4 Å². The van der Waals surface area contributed by atoms with Gasteiger partial charge in [0, 0.05) is 45.4 Å². The Hall–Kier alpha value is -2.70. The molecule has 0 bridgehead atoms. The zero-order valence-electron chi connectivity index (χ0n) is 15.4. The molecule has 1 aliphatic rings. The van der Waals surface area contributed by atoms with Gasteiger partial charge in [-0.15, -0.1) is 0 Å². The standard InChI is InChI=1S/C19H24FN5O/c1-13-10-17(23-19(21-13)24(2)3)22-16-11-18(26)25(12-16)9-8-14-4-6-15(20)7-5-14/h4-7,10,16H,8-9,11-12H2,1-3H3,(H,21,22,23)/t16-/m0/s1. The van der Waals surface area contributed by atoms with Gasteiger partial charge in [-0.05, 0) is 31.0 Å². The van der Waals surface area contributed by atoms with Gasteiger partial charge in [0.05, 0.1) is 6.04 Å². The minimum atomic E-state index is -0.243. The van der Waals surface area contributed by atoms with Gasteiger partial charge in [0.1, 0.15) is 11.6 Å². The largest absolute Gasteiger partial charge is 0.365 e. The lowest BCUT2D eigenvalue weighted by atomic mass is 10.1. The summed E-state index contributed by atoms with van der Waals surface area (Å²) in [6.07, 6.45) is 1.17. The van der Waals surface area contributed by atoms with Crippen molar-refractivity contribution in [1.82, 2.24) is 14.9 Å². The SMILES string of the molecule is Cc1cc(N[C@H]2CC(=O)N(CCc3ccc(F)cc3)C2)nc(N(C)C)n1. The van der Waals surface area contributed by atoms with E-state index >= 15 is 0 Å². The van der Waals surface area contributed by atoms with Gasteiger partial charge in [-0.1, -0.05) is 12.1 Å². The fraction of sp³-hybridized carbons (Fsp3) is 0.421. The van der Waals surface area contributed by atoms with Crippen LogP contribution in [0.2, 0.25) is 0 Å². The highest BCUT2D eigenvalue weighted by molar-refractivity contribution is 5.80. The molecule has 3 rings (SSSR count). The molecule has 2 heterocycles. The van der Waals surface area contributed by atoms with E-state index in [1.54, 1.807) is 12.1 Å². The van der Waals surface area contributed by atoms with Crippen LogP contribution in [0.25, 0.3) is 0 Å². The van der Waals surface area contributed by atoms with Crippen LogP contribution in [0.15, 0.2) is 30.3 Å². The number of rotatable bonds is 6. The van der Waals surface area contributed by atoms with E-state index in [0.29, 0.717) is 25.5 Å². The predicted molar refractivity (Wildman–Crippen MR) is 99.8 cm³/mol. The second-order valence-corrected chi connectivity index (χ2v) is 6.85. The van der Waals surface area contributed by atoms with Crippen molar-refractivity contribution in [1.29, 1.82) is 0 Å². The average molecular weight is 357 g/mol. The summed E-state index contributed by atoms with van der Waals surface area (Å²) in [5.41, 5.74) is 1.90. The van der Waals surface area contributed by atoms with Crippen molar-refractivity contribution < 1.29 is 9.18 Å². The number of nitrogens with zero attached hydrogens (tertiary/aromatic N) is 4. The molecular formula is C19H24FN5O. The molecule has 26 heavy (non-hydrogen) atoms. The topological polar surface area (TPSA) is 61.4 Å². The summed E-state index contributed by atoms with van der Waals surface area (Å²) in [5.74, 6) is 1.26. The van der Waals surface area contributed by atoms with Gasteiger partial charge >= 0.3 is 0 Å². The smallest absolute Gasteiger partial charge is 0.226 e. The molecule has 1 atom stereocenters. The summed E-state index contributed by atoms with van der Waals surface area (Å²) >= 11 is 0. The monoisotopic (exact) mass is 357 g/mol. The number of amides is 1. The average Bonchev–Trinajstić information content (AvgIpc) is 2.93. The molecule has 0 aliphatic carbocycles. The lowest BCUT2D eigenvalue weighted by Crippen LogP contribution is -2.30. The van der Waals surface area contributed by atoms with E-state index in [0.717, 1.165) is 23.5 Å². The lowest BCUT2D eigenvalue weighted by molar-refractivity contribution is -0.127. The number of likely N-dealkylation sites (tertiary alicyclic amines) is 1. The van der Waals surface area contributed by atoms with Gasteiger partial charge in [-0.2, -0.15) is 4.98 Å². The molecular weight excluding hydrogens is 333 g/mol. The summed E-state index contributed by atoms with van der Waals surface area (Å²) in [6.45, 7) is 3.20. The molecule has 1 N–H and O–H groups in total. The Labute approximate surface area is 153 Å². The highest BCUT2D eigenvalue weighted by Gasteiger charge is 2.29. The number of halogens is 1. The van der Waals surface area contributed by atoms with E-state index in [9.17, 15) is 9.18 Å². The van der Waals surface area contributed by atoms with Crippen LogP contribution in [-0.2, 0) is 11.2 Å². The molecule has 2 aromatic rings. The molecule has 0 spiro atoms. The molecule has 0 radical (unpaired) electrons. The first kappa shape index (κ1) is 18.1. The zero-order valence-corrected chi connectivity index (χ0v) is 15.4. The summed E-state index contributed by atoms with van der Waals surface area (Å²) in [7, 11) is 3.80. The summed E-state index contributed by atoms with van der Waals surface area (Å²) in [4.78, 5) is 24.8. The molecule has 1 aromatic carbocycles. The Balaban J connectivity index is 1.58. The quantitative estimate of drug-likeness (QED) is 0.859. The number of hydrogen-bond acceptors (Lipinski definition) is 5. The second kappa shape index (κ2) is 7.68. The maximum atomic E-state index is 13.0. The maximum absolute atomic E-state index is 13.0. The third-order valence-corrected chi connectivity index (χ3v) is 4.39. The molecule has 0 saturated carbocycles. The molecule has 1 amide bonds. The van der Waals surface area contributed by atoms with Crippen LogP contribution in [0.1, 0.15) is 17.7 Å². The molecule has 6 nitrogen and oxygen atoms in total. The molecule has 1 aromatic heterocycles. The van der Waals surface area contributed by atoms with E-state index < -0.39 is 0 Å². The lowest BCUT2D eigenvalue weighted by Gasteiger charge is -2.18. The predicted octanol–water partition coefficient (Wildman–Crippen LogP) is 2.25. The highest BCUT2D eigenvalue weighted by atomic mass is 19.1. The summed E-state index contributed by atoms with van der Waals surface area (Å²) < 4.78 is 13.0. The fourth-order valence-electron chi connectivity index (χ4n) is 3.04. The third-order valence-electron chi connectivity index (χ3n) is 4.39.